The van der Waals surface area contributed by atoms with Gasteiger partial charge in [-0.3, -0.25) is 4.79 Å². The molecule has 0 saturated heterocycles. The van der Waals surface area contributed by atoms with Crippen molar-refractivity contribution in [3.63, 3.8) is 0 Å². The third-order valence-electron chi connectivity index (χ3n) is 3.96. The minimum absolute atomic E-state index is 0.0600. The van der Waals surface area contributed by atoms with Gasteiger partial charge in [0.05, 0.1) is 0 Å². The molecule has 0 atom stereocenters. The first-order valence-electron chi connectivity index (χ1n) is 8.34. The molecule has 5 heteroatoms. The molecule has 1 heterocycles. The summed E-state index contributed by atoms with van der Waals surface area (Å²) >= 11 is 2.36. The van der Waals surface area contributed by atoms with Crippen LogP contribution in [0.5, 0.6) is 5.88 Å². The van der Waals surface area contributed by atoms with Crippen LogP contribution < -0.4 is 4.74 Å². The number of benzene rings is 2. The van der Waals surface area contributed by atoms with Crippen LogP contribution in [0.25, 0.3) is 10.6 Å². The van der Waals surface area contributed by atoms with Gasteiger partial charge in [-0.05, 0) is 29.5 Å². The second-order valence-electron chi connectivity index (χ2n) is 7.18. The van der Waals surface area contributed by atoms with E-state index in [1.54, 1.807) is 0 Å². The number of hydrogen-bond acceptors (Lipinski definition) is 5. The smallest absolute Gasteiger partial charge is 0.253 e. The molecule has 0 amide bonds. The van der Waals surface area contributed by atoms with Crippen LogP contribution in [0.3, 0.4) is 0 Å². The summed E-state index contributed by atoms with van der Waals surface area (Å²) < 4.78 is -0.178. The van der Waals surface area contributed by atoms with Crippen LogP contribution in [0.2, 0.25) is 0 Å². The molecule has 0 aliphatic heterocycles. The summed E-state index contributed by atoms with van der Waals surface area (Å²) in [6.45, 7) is 8.44. The van der Waals surface area contributed by atoms with Crippen LogP contribution in [-0.4, -0.2) is 10.1 Å². The van der Waals surface area contributed by atoms with E-state index in [0.29, 0.717) is 5.01 Å². The van der Waals surface area contributed by atoms with E-state index >= 15 is 0 Å². The molecule has 0 radical (unpaired) electrons. The minimum atomic E-state index is -0.209. The van der Waals surface area contributed by atoms with Gasteiger partial charge in [0.25, 0.3) is 4.74 Å². The third-order valence-corrected chi connectivity index (χ3v) is 6.13. The number of rotatable bonds is 3. The van der Waals surface area contributed by atoms with Gasteiger partial charge in [0.2, 0.25) is 5.88 Å². The molecular formula is C21H21NO2S2. The fourth-order valence-corrected chi connectivity index (χ4v) is 4.80. The molecule has 0 aliphatic rings. The van der Waals surface area contributed by atoms with Gasteiger partial charge < -0.3 is 5.11 Å². The number of nitrogens with zero attached hydrogens (tertiary/aromatic N) is 1. The zero-order valence-corrected chi connectivity index (χ0v) is 16.9. The summed E-state index contributed by atoms with van der Waals surface area (Å²) in [5.41, 5.74) is 3.02. The van der Waals surface area contributed by atoms with Gasteiger partial charge in [-0.25, -0.2) is 4.98 Å². The van der Waals surface area contributed by atoms with Crippen LogP contribution in [0.15, 0.2) is 63.1 Å². The predicted molar refractivity (Wildman–Crippen MR) is 109 cm³/mol. The maximum atomic E-state index is 12.7. The van der Waals surface area contributed by atoms with Gasteiger partial charge in [0.1, 0.15) is 9.90 Å². The molecule has 0 bridgehead atoms. The number of hydrogen-bond donors (Lipinski definition) is 1. The van der Waals surface area contributed by atoms with E-state index < -0.39 is 0 Å². The molecule has 3 rings (SSSR count). The fraction of sp³-hybridized carbons (Fsp3) is 0.238. The Bertz CT molecular complexity index is 989. The van der Waals surface area contributed by atoms with E-state index in [0.717, 1.165) is 32.9 Å². The number of aromatic hydroxyl groups is 1. The van der Waals surface area contributed by atoms with Crippen molar-refractivity contribution in [2.75, 3.05) is 0 Å². The lowest BCUT2D eigenvalue weighted by molar-refractivity contribution is 0.441. The number of aromatic nitrogens is 1. The Kier molecular flexibility index (Phi) is 5.21. The highest BCUT2D eigenvalue weighted by atomic mass is 32.2. The zero-order chi connectivity index (χ0) is 18.9. The largest absolute Gasteiger partial charge is 0.492 e. The second kappa shape index (κ2) is 7.25. The van der Waals surface area contributed by atoms with Crippen molar-refractivity contribution in [1.29, 1.82) is 0 Å². The van der Waals surface area contributed by atoms with Gasteiger partial charge in [-0.1, -0.05) is 86.3 Å². The normalized spacial score (nSPS) is 11.5. The van der Waals surface area contributed by atoms with Crippen LogP contribution in [0.4, 0.5) is 0 Å². The van der Waals surface area contributed by atoms with Gasteiger partial charge >= 0.3 is 0 Å². The first-order chi connectivity index (χ1) is 12.3. The molecule has 0 saturated carbocycles. The van der Waals surface area contributed by atoms with Crippen molar-refractivity contribution >= 4 is 23.1 Å². The van der Waals surface area contributed by atoms with E-state index in [2.05, 4.69) is 44.0 Å². The Morgan fingerprint density at radius 1 is 1.08 bits per heavy atom. The molecule has 0 aliphatic carbocycles. The molecule has 0 fully saturated rings. The summed E-state index contributed by atoms with van der Waals surface area (Å²) in [4.78, 5) is 18.2. The van der Waals surface area contributed by atoms with Crippen molar-refractivity contribution in [3.8, 4) is 16.5 Å². The molecule has 134 valence electrons. The van der Waals surface area contributed by atoms with Crippen LogP contribution in [0, 0.1) is 6.92 Å². The van der Waals surface area contributed by atoms with Crippen molar-refractivity contribution in [3.05, 3.63) is 69.2 Å². The quantitative estimate of drug-likeness (QED) is 0.636. The standard InChI is InChI=1S/C21H21NO2S2/c1-13-10-11-15(21(2,3)4)16(12-13)25-17-18(23)22-19(26-20(17)24)14-8-6-5-7-9-14/h5-12,23H,1-4H3. The van der Waals surface area contributed by atoms with Crippen molar-refractivity contribution in [2.24, 2.45) is 0 Å². The third kappa shape index (κ3) is 4.00. The van der Waals surface area contributed by atoms with Gasteiger partial charge in [-0.15, -0.1) is 0 Å². The van der Waals surface area contributed by atoms with Gasteiger partial charge in [-0.2, -0.15) is 0 Å². The van der Waals surface area contributed by atoms with Crippen molar-refractivity contribution in [1.82, 2.24) is 4.98 Å². The molecule has 2 aromatic carbocycles. The SMILES string of the molecule is Cc1ccc(C(C)(C)C)c(Sc2c(O)nc(-c3ccccc3)sc2=O)c1. The Balaban J connectivity index is 2.05. The molecule has 26 heavy (non-hydrogen) atoms. The maximum Gasteiger partial charge on any atom is 0.253 e. The monoisotopic (exact) mass is 383 g/mol. The van der Waals surface area contributed by atoms with Gasteiger partial charge in [0, 0.05) is 10.5 Å². The van der Waals surface area contributed by atoms with Crippen molar-refractivity contribution in [2.45, 2.75) is 42.9 Å². The van der Waals surface area contributed by atoms with E-state index in [-0.39, 0.29) is 20.9 Å². The van der Waals surface area contributed by atoms with Crippen molar-refractivity contribution < 1.29 is 5.11 Å². The average molecular weight is 384 g/mol. The summed E-state index contributed by atoms with van der Waals surface area (Å²) in [6, 6.07) is 15.6. The number of aryl methyl sites for hydroxylation is 1. The minimum Gasteiger partial charge on any atom is -0.492 e. The van der Waals surface area contributed by atoms with Crippen LogP contribution in [-0.2, 0) is 5.41 Å². The lowest BCUT2D eigenvalue weighted by Gasteiger charge is -2.23. The second-order valence-corrected chi connectivity index (χ2v) is 9.19. The Hall–Kier alpha value is -2.11. The van der Waals surface area contributed by atoms with Crippen LogP contribution in [0.1, 0.15) is 31.9 Å². The maximum absolute atomic E-state index is 12.7. The average Bonchev–Trinajstić information content (AvgIpc) is 2.57. The van der Waals surface area contributed by atoms with Crippen LogP contribution >= 0.6 is 23.1 Å². The summed E-state index contributed by atoms with van der Waals surface area (Å²) in [5, 5.41) is 11.0. The molecule has 3 nitrogen and oxygen atoms in total. The molecule has 0 spiro atoms. The molecular weight excluding hydrogens is 362 g/mol. The first-order valence-corrected chi connectivity index (χ1v) is 9.97. The van der Waals surface area contributed by atoms with E-state index in [4.69, 9.17) is 0 Å². The summed E-state index contributed by atoms with van der Waals surface area (Å²) in [5.74, 6) is -0.209. The zero-order valence-electron chi connectivity index (χ0n) is 15.2. The van der Waals surface area contributed by atoms with E-state index in [1.165, 1.54) is 11.8 Å². The molecule has 0 unspecified atom stereocenters. The Morgan fingerprint density at radius 2 is 1.77 bits per heavy atom. The lowest BCUT2D eigenvalue weighted by Crippen LogP contribution is -2.13. The van der Waals surface area contributed by atoms with E-state index in [1.807, 2.05) is 37.3 Å². The highest BCUT2D eigenvalue weighted by Crippen LogP contribution is 2.39. The fourth-order valence-electron chi connectivity index (χ4n) is 2.63. The summed E-state index contributed by atoms with van der Waals surface area (Å²) in [6.07, 6.45) is 0. The predicted octanol–water partition coefficient (Wildman–Crippen LogP) is 5.63. The Morgan fingerprint density at radius 3 is 2.38 bits per heavy atom. The van der Waals surface area contributed by atoms with E-state index in [9.17, 15) is 9.90 Å². The topological polar surface area (TPSA) is 50.2 Å². The summed E-state index contributed by atoms with van der Waals surface area (Å²) in [7, 11) is 0. The highest BCUT2D eigenvalue weighted by molar-refractivity contribution is 7.99. The lowest BCUT2D eigenvalue weighted by atomic mass is 9.86. The van der Waals surface area contributed by atoms with Gasteiger partial charge in [0.15, 0.2) is 0 Å². The molecule has 1 N–H and O–H groups in total. The Labute approximate surface area is 161 Å². The molecule has 1 aromatic heterocycles. The highest BCUT2D eigenvalue weighted by Gasteiger charge is 2.21. The first kappa shape index (κ1) is 18.7. The molecule has 3 aromatic rings.